The zero-order valence-electron chi connectivity index (χ0n) is 15.9. The van der Waals surface area contributed by atoms with Crippen molar-refractivity contribution < 1.29 is 19.2 Å². The van der Waals surface area contributed by atoms with Crippen LogP contribution < -0.4 is 0 Å². The molecule has 0 N–H and O–H groups in total. The monoisotopic (exact) mass is 370 g/mol. The summed E-state index contributed by atoms with van der Waals surface area (Å²) < 4.78 is 0. The van der Waals surface area contributed by atoms with Crippen molar-refractivity contribution >= 4 is 23.6 Å². The van der Waals surface area contributed by atoms with Gasteiger partial charge in [-0.25, -0.2) is 9.69 Å². The fourth-order valence-electron chi connectivity index (χ4n) is 3.83. The Bertz CT molecular complexity index is 748. The quantitative estimate of drug-likeness (QED) is 0.437. The lowest BCUT2D eigenvalue weighted by Crippen LogP contribution is -2.38. The fraction of sp³-hybridized carbons (Fsp3) is 0.524. The molecule has 0 spiro atoms. The third-order valence-corrected chi connectivity index (χ3v) is 5.29. The van der Waals surface area contributed by atoms with Gasteiger partial charge in [0.25, 0.3) is 0 Å². The van der Waals surface area contributed by atoms with E-state index in [1.54, 1.807) is 12.1 Å². The van der Waals surface area contributed by atoms with Crippen molar-refractivity contribution in [2.75, 3.05) is 13.1 Å². The van der Waals surface area contributed by atoms with Crippen LogP contribution in [-0.2, 0) is 9.59 Å². The van der Waals surface area contributed by atoms with Gasteiger partial charge in [-0.2, -0.15) is 0 Å². The highest BCUT2D eigenvalue weighted by molar-refractivity contribution is 6.45. The summed E-state index contributed by atoms with van der Waals surface area (Å²) in [6.45, 7) is 3.48. The standard InChI is InChI=1S/C21H26N2O4/c1-14(2)12-22-19(25)20(26)23(21(22)27)13-18(24)17-10-8-16(9-11-17)15-6-4-3-5-7-15/h8-11,14-15H,3-7,12-13H2,1-2H3. The largest absolute Gasteiger partial charge is 0.334 e. The van der Waals surface area contributed by atoms with Crippen molar-refractivity contribution in [3.8, 4) is 0 Å². The smallest absolute Gasteiger partial charge is 0.292 e. The van der Waals surface area contributed by atoms with Crippen LogP contribution in [0.15, 0.2) is 24.3 Å². The van der Waals surface area contributed by atoms with Gasteiger partial charge in [0.15, 0.2) is 5.78 Å². The van der Waals surface area contributed by atoms with Crippen LogP contribution in [0, 0.1) is 5.92 Å². The van der Waals surface area contributed by atoms with Gasteiger partial charge in [0, 0.05) is 12.1 Å². The molecule has 6 nitrogen and oxygen atoms in total. The molecule has 1 aliphatic carbocycles. The Labute approximate surface area is 159 Å². The molecule has 144 valence electrons. The number of urea groups is 1. The molecule has 0 bridgehead atoms. The fourth-order valence-corrected chi connectivity index (χ4v) is 3.83. The first kappa shape index (κ1) is 19.3. The number of hydrogen-bond donors (Lipinski definition) is 0. The highest BCUT2D eigenvalue weighted by Gasteiger charge is 2.45. The van der Waals surface area contributed by atoms with Gasteiger partial charge in [0.1, 0.15) is 0 Å². The molecule has 6 heteroatoms. The third-order valence-electron chi connectivity index (χ3n) is 5.29. The lowest BCUT2D eigenvalue weighted by molar-refractivity contribution is -0.143. The van der Waals surface area contributed by atoms with Crippen LogP contribution in [0.1, 0.15) is 67.8 Å². The molecule has 0 radical (unpaired) electrons. The summed E-state index contributed by atoms with van der Waals surface area (Å²) >= 11 is 0. The number of rotatable bonds is 6. The van der Waals surface area contributed by atoms with Gasteiger partial charge < -0.3 is 0 Å². The van der Waals surface area contributed by atoms with E-state index in [1.807, 2.05) is 26.0 Å². The van der Waals surface area contributed by atoms with Crippen LogP contribution in [0.5, 0.6) is 0 Å². The topological polar surface area (TPSA) is 74.8 Å². The minimum Gasteiger partial charge on any atom is -0.292 e. The van der Waals surface area contributed by atoms with Crippen molar-refractivity contribution in [2.45, 2.75) is 51.9 Å². The van der Waals surface area contributed by atoms with E-state index in [0.29, 0.717) is 11.5 Å². The predicted octanol–water partition coefficient (Wildman–Crippen LogP) is 3.36. The van der Waals surface area contributed by atoms with Crippen molar-refractivity contribution in [3.63, 3.8) is 0 Å². The molecular weight excluding hydrogens is 344 g/mol. The minimum atomic E-state index is -0.923. The first-order chi connectivity index (χ1) is 12.9. The average Bonchev–Trinajstić information content (AvgIpc) is 2.86. The third kappa shape index (κ3) is 4.10. The Morgan fingerprint density at radius 2 is 1.56 bits per heavy atom. The van der Waals surface area contributed by atoms with Crippen LogP contribution in [0.4, 0.5) is 4.79 Å². The van der Waals surface area contributed by atoms with Crippen molar-refractivity contribution in [2.24, 2.45) is 5.92 Å². The Morgan fingerprint density at radius 3 is 2.15 bits per heavy atom. The van der Waals surface area contributed by atoms with Gasteiger partial charge in [-0.15, -0.1) is 0 Å². The number of Topliss-reactive ketones (excluding diaryl/α,β-unsaturated/α-hetero) is 1. The molecule has 1 saturated heterocycles. The van der Waals surface area contributed by atoms with E-state index in [1.165, 1.54) is 37.7 Å². The van der Waals surface area contributed by atoms with E-state index in [-0.39, 0.29) is 18.2 Å². The van der Waals surface area contributed by atoms with E-state index in [2.05, 4.69) is 0 Å². The van der Waals surface area contributed by atoms with Crippen LogP contribution in [0.2, 0.25) is 0 Å². The van der Waals surface area contributed by atoms with E-state index >= 15 is 0 Å². The lowest BCUT2D eigenvalue weighted by atomic mass is 9.84. The summed E-state index contributed by atoms with van der Waals surface area (Å²) in [6, 6.07) is 6.74. The molecule has 0 atom stereocenters. The number of benzene rings is 1. The second-order valence-corrected chi connectivity index (χ2v) is 7.86. The Morgan fingerprint density at radius 1 is 0.963 bits per heavy atom. The molecule has 1 heterocycles. The molecule has 3 rings (SSSR count). The summed E-state index contributed by atoms with van der Waals surface area (Å²) in [7, 11) is 0. The molecule has 2 fully saturated rings. The molecule has 1 saturated carbocycles. The Kier molecular flexibility index (Phi) is 5.73. The van der Waals surface area contributed by atoms with E-state index < -0.39 is 24.4 Å². The number of ketones is 1. The van der Waals surface area contributed by atoms with Gasteiger partial charge in [-0.05, 0) is 30.2 Å². The Balaban J connectivity index is 1.67. The molecule has 27 heavy (non-hydrogen) atoms. The molecule has 0 aromatic heterocycles. The van der Waals surface area contributed by atoms with Crippen LogP contribution in [0.25, 0.3) is 0 Å². The zero-order valence-corrected chi connectivity index (χ0v) is 15.9. The van der Waals surface area contributed by atoms with Crippen LogP contribution >= 0.6 is 0 Å². The molecule has 1 aromatic rings. The zero-order chi connectivity index (χ0) is 19.6. The van der Waals surface area contributed by atoms with E-state index in [4.69, 9.17) is 0 Å². The first-order valence-electron chi connectivity index (χ1n) is 9.69. The number of imide groups is 2. The average molecular weight is 370 g/mol. The van der Waals surface area contributed by atoms with Gasteiger partial charge in [-0.3, -0.25) is 19.3 Å². The van der Waals surface area contributed by atoms with Crippen LogP contribution in [0.3, 0.4) is 0 Å². The normalized spacial score (nSPS) is 18.7. The SMILES string of the molecule is CC(C)CN1C(=O)C(=O)N(CC(=O)c2ccc(C3CCCCC3)cc2)C1=O. The van der Waals surface area contributed by atoms with Gasteiger partial charge in [0.05, 0.1) is 6.54 Å². The lowest BCUT2D eigenvalue weighted by Gasteiger charge is -2.22. The minimum absolute atomic E-state index is 0.0497. The number of hydrogen-bond acceptors (Lipinski definition) is 4. The van der Waals surface area contributed by atoms with Gasteiger partial charge in [0.2, 0.25) is 0 Å². The highest BCUT2D eigenvalue weighted by Crippen LogP contribution is 2.32. The van der Waals surface area contributed by atoms with E-state index in [0.717, 1.165) is 9.80 Å². The second-order valence-electron chi connectivity index (χ2n) is 7.86. The first-order valence-corrected chi connectivity index (χ1v) is 9.69. The van der Waals surface area contributed by atoms with Crippen molar-refractivity contribution in [1.82, 2.24) is 9.80 Å². The molecule has 0 unspecified atom stereocenters. The molecule has 4 amide bonds. The number of nitrogens with zero attached hydrogens (tertiary/aromatic N) is 2. The summed E-state index contributed by atoms with van der Waals surface area (Å²) in [5.74, 6) is -1.52. The maximum absolute atomic E-state index is 12.5. The van der Waals surface area contributed by atoms with Crippen LogP contribution in [-0.4, -0.2) is 46.5 Å². The summed E-state index contributed by atoms with van der Waals surface area (Å²) in [5, 5.41) is 0. The summed E-state index contributed by atoms with van der Waals surface area (Å²) in [5.41, 5.74) is 1.68. The highest BCUT2D eigenvalue weighted by atomic mass is 16.2. The summed E-state index contributed by atoms with van der Waals surface area (Å²) in [4.78, 5) is 50.7. The van der Waals surface area contributed by atoms with Crippen molar-refractivity contribution in [1.29, 1.82) is 0 Å². The number of amides is 4. The van der Waals surface area contributed by atoms with E-state index in [9.17, 15) is 19.2 Å². The Hall–Kier alpha value is -2.50. The predicted molar refractivity (Wildman–Crippen MR) is 100 cm³/mol. The maximum Gasteiger partial charge on any atom is 0.334 e. The number of carbonyl (C=O) groups is 4. The summed E-state index contributed by atoms with van der Waals surface area (Å²) in [6.07, 6.45) is 6.13. The molecule has 1 aromatic carbocycles. The number of carbonyl (C=O) groups excluding carboxylic acids is 4. The maximum atomic E-state index is 12.5. The van der Waals surface area contributed by atoms with Crippen molar-refractivity contribution in [3.05, 3.63) is 35.4 Å². The second kappa shape index (κ2) is 8.03. The molecular formula is C21H26N2O4. The van der Waals surface area contributed by atoms with Gasteiger partial charge >= 0.3 is 17.8 Å². The molecule has 1 aliphatic heterocycles. The molecule has 2 aliphatic rings. The van der Waals surface area contributed by atoms with Gasteiger partial charge in [-0.1, -0.05) is 57.4 Å².